The summed E-state index contributed by atoms with van der Waals surface area (Å²) in [7, 11) is -3.77. The Hall–Kier alpha value is -2.62. The number of hydrogen-bond donors (Lipinski definition) is 1. The molecule has 0 saturated heterocycles. The topological polar surface area (TPSA) is 66.5 Å². The van der Waals surface area contributed by atoms with Gasteiger partial charge in [0.25, 0.3) is 0 Å². The van der Waals surface area contributed by atoms with Gasteiger partial charge in [0.15, 0.2) is 17.5 Å². The molecule has 0 aromatic heterocycles. The van der Waals surface area contributed by atoms with Crippen LogP contribution in [0.2, 0.25) is 0 Å². The van der Waals surface area contributed by atoms with E-state index in [1.165, 1.54) is 12.1 Å². The smallest absolute Gasteiger partial charge is 0.232 e. The highest BCUT2D eigenvalue weighted by molar-refractivity contribution is 7.92. The lowest BCUT2D eigenvalue weighted by atomic mass is 10.2. The zero-order chi connectivity index (χ0) is 19.5. The Morgan fingerprint density at radius 2 is 1.62 bits per heavy atom. The summed E-state index contributed by atoms with van der Waals surface area (Å²) in [6, 6.07) is 6.07. The molecule has 0 aliphatic rings. The van der Waals surface area contributed by atoms with Gasteiger partial charge in [0.05, 0.1) is 17.6 Å². The molecule has 26 heavy (non-hydrogen) atoms. The number of hydrogen-bond acceptors (Lipinski definition) is 3. The minimum absolute atomic E-state index is 0.140. The van der Waals surface area contributed by atoms with Crippen LogP contribution in [-0.4, -0.2) is 27.1 Å². The van der Waals surface area contributed by atoms with Crippen LogP contribution in [0, 0.1) is 23.3 Å². The Morgan fingerprint density at radius 3 is 2.19 bits per heavy atom. The molecule has 0 atom stereocenters. The van der Waals surface area contributed by atoms with Crippen molar-refractivity contribution in [1.82, 2.24) is 0 Å². The number of benzene rings is 2. The summed E-state index contributed by atoms with van der Waals surface area (Å²) in [5.74, 6) is -6.07. The van der Waals surface area contributed by atoms with Crippen LogP contribution < -0.4 is 9.62 Å². The Bertz CT molecular complexity index is 918. The Labute approximate surface area is 147 Å². The minimum atomic E-state index is -3.77. The summed E-state index contributed by atoms with van der Waals surface area (Å²) in [6.45, 7) is -0.318. The summed E-state index contributed by atoms with van der Waals surface area (Å²) in [6.07, 6.45) is 0.506. The van der Waals surface area contributed by atoms with Crippen molar-refractivity contribution in [3.8, 4) is 0 Å². The van der Waals surface area contributed by atoms with Crippen LogP contribution in [0.1, 0.15) is 6.42 Å². The molecule has 0 heterocycles. The number of sulfonamides is 1. The molecule has 2 aromatic rings. The molecule has 0 bridgehead atoms. The molecule has 0 fully saturated rings. The first-order chi connectivity index (χ1) is 12.1. The molecule has 140 valence electrons. The van der Waals surface area contributed by atoms with Crippen molar-refractivity contribution in [3.05, 3.63) is 59.7 Å². The summed E-state index contributed by atoms with van der Waals surface area (Å²) >= 11 is 0. The molecule has 1 N–H and O–H groups in total. The third kappa shape index (κ3) is 4.72. The zero-order valence-corrected chi connectivity index (χ0v) is 14.3. The average molecular weight is 390 g/mol. The van der Waals surface area contributed by atoms with Crippen molar-refractivity contribution in [2.75, 3.05) is 22.4 Å². The van der Waals surface area contributed by atoms with E-state index in [2.05, 4.69) is 0 Å². The van der Waals surface area contributed by atoms with Gasteiger partial charge in [-0.25, -0.2) is 26.0 Å². The van der Waals surface area contributed by atoms with Crippen molar-refractivity contribution >= 4 is 27.3 Å². The Balaban J connectivity index is 2.10. The monoisotopic (exact) mass is 390 g/mol. The minimum Gasteiger partial charge on any atom is -0.323 e. The van der Waals surface area contributed by atoms with Crippen molar-refractivity contribution in [1.29, 1.82) is 0 Å². The van der Waals surface area contributed by atoms with Gasteiger partial charge in [-0.2, -0.15) is 0 Å². The molecule has 0 spiro atoms. The second kappa shape index (κ2) is 7.73. The van der Waals surface area contributed by atoms with Gasteiger partial charge >= 0.3 is 0 Å². The number of anilines is 2. The lowest BCUT2D eigenvalue weighted by Gasteiger charge is -2.22. The first kappa shape index (κ1) is 19.7. The van der Waals surface area contributed by atoms with Crippen molar-refractivity contribution < 1.29 is 30.8 Å². The summed E-state index contributed by atoms with van der Waals surface area (Å²) in [5.41, 5.74) is -0.428. The van der Waals surface area contributed by atoms with Crippen LogP contribution in [0.3, 0.4) is 0 Å². The Kier molecular flexibility index (Phi) is 5.86. The summed E-state index contributed by atoms with van der Waals surface area (Å²) < 4.78 is 77.2. The zero-order valence-electron chi connectivity index (χ0n) is 13.5. The highest BCUT2D eigenvalue weighted by atomic mass is 32.2. The maximum Gasteiger partial charge on any atom is 0.232 e. The molecule has 2 aromatic carbocycles. The van der Waals surface area contributed by atoms with E-state index in [9.17, 15) is 30.8 Å². The van der Waals surface area contributed by atoms with Gasteiger partial charge in [-0.3, -0.25) is 9.10 Å². The average Bonchev–Trinajstić information content (AvgIpc) is 2.56. The predicted octanol–water partition coefficient (Wildman–Crippen LogP) is 3.04. The second-order valence-corrected chi connectivity index (χ2v) is 7.24. The molecule has 0 saturated carbocycles. The first-order valence-electron chi connectivity index (χ1n) is 7.26. The van der Waals surface area contributed by atoms with Crippen LogP contribution >= 0.6 is 0 Å². The lowest BCUT2D eigenvalue weighted by Crippen LogP contribution is -2.33. The van der Waals surface area contributed by atoms with E-state index in [-0.39, 0.29) is 12.2 Å². The number of nitrogens with zero attached hydrogens (tertiary/aromatic N) is 1. The van der Waals surface area contributed by atoms with E-state index in [4.69, 9.17) is 0 Å². The number of rotatable bonds is 6. The maximum atomic E-state index is 13.5. The number of nitrogens with one attached hydrogen (secondary N) is 1. The van der Waals surface area contributed by atoms with E-state index >= 15 is 0 Å². The third-order valence-corrected chi connectivity index (χ3v) is 4.56. The van der Waals surface area contributed by atoms with Crippen LogP contribution in [-0.2, 0) is 14.8 Å². The third-order valence-electron chi connectivity index (χ3n) is 3.37. The summed E-state index contributed by atoms with van der Waals surface area (Å²) in [5, 5.41) is 2.04. The maximum absolute atomic E-state index is 13.5. The van der Waals surface area contributed by atoms with E-state index in [1.54, 1.807) is 0 Å². The standard InChI is InChI=1S/C16H14F4N2O3S/c1-26(24,25)22(11-4-2-10(17)3-5-11)9-8-14(23)21-13-7-6-12(18)15(19)16(13)20/h2-7H,8-9H2,1H3,(H,21,23). The van der Waals surface area contributed by atoms with E-state index in [1.807, 2.05) is 5.32 Å². The summed E-state index contributed by atoms with van der Waals surface area (Å²) in [4.78, 5) is 11.9. The van der Waals surface area contributed by atoms with Crippen LogP contribution in [0.5, 0.6) is 0 Å². The second-order valence-electron chi connectivity index (χ2n) is 5.33. The SMILES string of the molecule is CS(=O)(=O)N(CCC(=O)Nc1ccc(F)c(F)c1F)c1ccc(F)cc1. The largest absolute Gasteiger partial charge is 0.323 e. The highest BCUT2D eigenvalue weighted by Crippen LogP contribution is 2.21. The fraction of sp³-hybridized carbons (Fsp3) is 0.188. The molecular weight excluding hydrogens is 376 g/mol. The molecular formula is C16H14F4N2O3S. The number of amides is 1. The predicted molar refractivity (Wildman–Crippen MR) is 88.2 cm³/mol. The van der Waals surface area contributed by atoms with E-state index < -0.39 is 51.3 Å². The molecule has 2 rings (SSSR count). The van der Waals surface area contributed by atoms with Crippen molar-refractivity contribution in [2.45, 2.75) is 6.42 Å². The number of carbonyl (C=O) groups is 1. The molecule has 0 aliphatic carbocycles. The molecule has 5 nitrogen and oxygen atoms in total. The van der Waals surface area contributed by atoms with Gasteiger partial charge in [-0.1, -0.05) is 0 Å². The molecule has 1 amide bonds. The van der Waals surface area contributed by atoms with Crippen LogP contribution in [0.25, 0.3) is 0 Å². The quantitative estimate of drug-likeness (QED) is 0.609. The fourth-order valence-corrected chi connectivity index (χ4v) is 3.06. The fourth-order valence-electron chi connectivity index (χ4n) is 2.13. The van der Waals surface area contributed by atoms with Crippen molar-refractivity contribution in [2.24, 2.45) is 0 Å². The van der Waals surface area contributed by atoms with Gasteiger partial charge in [-0.05, 0) is 36.4 Å². The van der Waals surface area contributed by atoms with Crippen LogP contribution in [0.15, 0.2) is 36.4 Å². The molecule has 0 radical (unpaired) electrons. The lowest BCUT2D eigenvalue weighted by molar-refractivity contribution is -0.116. The Morgan fingerprint density at radius 1 is 1.00 bits per heavy atom. The van der Waals surface area contributed by atoms with Crippen molar-refractivity contribution in [3.63, 3.8) is 0 Å². The molecule has 0 aliphatic heterocycles. The van der Waals surface area contributed by atoms with Gasteiger partial charge in [0.1, 0.15) is 5.82 Å². The molecule has 0 unspecified atom stereocenters. The highest BCUT2D eigenvalue weighted by Gasteiger charge is 2.20. The number of carbonyl (C=O) groups excluding carboxylic acids is 1. The molecule has 10 heteroatoms. The van der Waals surface area contributed by atoms with Gasteiger partial charge in [0.2, 0.25) is 15.9 Å². The van der Waals surface area contributed by atoms with Gasteiger partial charge < -0.3 is 5.32 Å². The van der Waals surface area contributed by atoms with Crippen LogP contribution in [0.4, 0.5) is 28.9 Å². The van der Waals surface area contributed by atoms with Gasteiger partial charge in [0, 0.05) is 13.0 Å². The van der Waals surface area contributed by atoms with E-state index in [0.29, 0.717) is 6.07 Å². The normalized spacial score (nSPS) is 11.3. The first-order valence-corrected chi connectivity index (χ1v) is 9.11. The van der Waals surface area contributed by atoms with E-state index in [0.717, 1.165) is 28.8 Å². The van der Waals surface area contributed by atoms with Gasteiger partial charge in [-0.15, -0.1) is 0 Å². The number of halogens is 4.